The Bertz CT molecular complexity index is 625. The minimum absolute atomic E-state index is 0.0871. The Morgan fingerprint density at radius 2 is 2.05 bits per heavy atom. The van der Waals surface area contributed by atoms with Gasteiger partial charge in [0.05, 0.1) is 18.5 Å². The van der Waals surface area contributed by atoms with Crippen LogP contribution < -0.4 is 10.6 Å². The quantitative estimate of drug-likeness (QED) is 0.718. The molecule has 0 aliphatic rings. The molecule has 3 N–H and O–H groups in total. The van der Waals surface area contributed by atoms with Gasteiger partial charge in [0.15, 0.2) is 0 Å². The van der Waals surface area contributed by atoms with Crippen molar-refractivity contribution in [3.8, 4) is 0 Å². The number of aliphatic hydroxyl groups excluding tert-OH is 1. The lowest BCUT2D eigenvalue weighted by Gasteiger charge is -2.08. The summed E-state index contributed by atoms with van der Waals surface area (Å²) in [7, 11) is 0. The minimum atomic E-state index is -0.210. The highest BCUT2D eigenvalue weighted by molar-refractivity contribution is 6.36. The van der Waals surface area contributed by atoms with Crippen LogP contribution >= 0.6 is 23.2 Å². The van der Waals surface area contributed by atoms with Crippen LogP contribution in [0.2, 0.25) is 10.0 Å². The Kier molecular flexibility index (Phi) is 6.06. The van der Waals surface area contributed by atoms with Gasteiger partial charge in [0.2, 0.25) is 5.91 Å². The van der Waals surface area contributed by atoms with Gasteiger partial charge in [-0.3, -0.25) is 9.48 Å². The molecule has 8 heteroatoms. The highest BCUT2D eigenvalue weighted by Crippen LogP contribution is 2.25. The molecule has 0 spiro atoms. The average molecular weight is 343 g/mol. The number of aromatic nitrogens is 2. The molecule has 1 heterocycles. The van der Waals surface area contributed by atoms with E-state index in [1.807, 2.05) is 0 Å². The predicted octanol–water partition coefficient (Wildman–Crippen LogP) is 1.91. The molecule has 0 atom stereocenters. The molecule has 0 fully saturated rings. The van der Waals surface area contributed by atoms with E-state index in [1.54, 1.807) is 30.6 Å². The second-order valence-electron chi connectivity index (χ2n) is 4.55. The summed E-state index contributed by atoms with van der Waals surface area (Å²) < 4.78 is 1.50. The number of aliphatic hydroxyl groups is 1. The first-order valence-corrected chi connectivity index (χ1v) is 7.42. The molecule has 22 heavy (non-hydrogen) atoms. The molecule has 2 rings (SSSR count). The van der Waals surface area contributed by atoms with Crippen LogP contribution in [0.15, 0.2) is 30.6 Å². The number of nitrogens with zero attached hydrogens (tertiary/aromatic N) is 2. The van der Waals surface area contributed by atoms with Crippen molar-refractivity contribution in [1.82, 2.24) is 15.1 Å². The molecular formula is C14H16Cl2N4O2. The van der Waals surface area contributed by atoms with E-state index in [4.69, 9.17) is 28.3 Å². The molecular weight excluding hydrogens is 327 g/mol. The van der Waals surface area contributed by atoms with E-state index in [0.717, 1.165) is 11.3 Å². The van der Waals surface area contributed by atoms with E-state index < -0.39 is 0 Å². The minimum Gasteiger partial charge on any atom is -0.395 e. The van der Waals surface area contributed by atoms with Crippen LogP contribution in [0.25, 0.3) is 0 Å². The van der Waals surface area contributed by atoms with Gasteiger partial charge in [-0.2, -0.15) is 5.10 Å². The molecule has 1 amide bonds. The van der Waals surface area contributed by atoms with E-state index in [2.05, 4.69) is 15.7 Å². The highest BCUT2D eigenvalue weighted by Gasteiger charge is 2.07. The zero-order valence-corrected chi connectivity index (χ0v) is 13.2. The Labute approximate surface area is 138 Å². The van der Waals surface area contributed by atoms with Crippen LogP contribution in [0.4, 0.5) is 5.69 Å². The summed E-state index contributed by atoms with van der Waals surface area (Å²) in [6.45, 7) is 0.696. The number of carbonyl (C=O) groups excluding carboxylic acids is 1. The number of hydrogen-bond donors (Lipinski definition) is 3. The normalized spacial score (nSPS) is 10.5. The van der Waals surface area contributed by atoms with Crippen LogP contribution in [-0.2, 0) is 17.9 Å². The molecule has 2 aromatic rings. The van der Waals surface area contributed by atoms with Crippen molar-refractivity contribution in [3.05, 3.63) is 46.2 Å². The Morgan fingerprint density at radius 3 is 2.73 bits per heavy atom. The smallest absolute Gasteiger partial charge is 0.241 e. The predicted molar refractivity (Wildman–Crippen MR) is 86.1 cm³/mol. The van der Waals surface area contributed by atoms with E-state index in [1.165, 1.54) is 4.68 Å². The summed E-state index contributed by atoms with van der Waals surface area (Å²) in [5.41, 5.74) is 1.56. The van der Waals surface area contributed by atoms with E-state index in [0.29, 0.717) is 16.6 Å². The Hall–Kier alpha value is -1.76. The van der Waals surface area contributed by atoms with Gasteiger partial charge >= 0.3 is 0 Å². The topological polar surface area (TPSA) is 79.2 Å². The summed E-state index contributed by atoms with van der Waals surface area (Å²) in [5, 5.41) is 19.6. The van der Waals surface area contributed by atoms with Crippen LogP contribution in [0.3, 0.4) is 0 Å². The van der Waals surface area contributed by atoms with Gasteiger partial charge in [-0.25, -0.2) is 0 Å². The van der Waals surface area contributed by atoms with E-state index in [-0.39, 0.29) is 25.6 Å². The molecule has 1 aromatic carbocycles. The summed E-state index contributed by atoms with van der Waals surface area (Å²) in [4.78, 5) is 11.5. The maximum atomic E-state index is 11.5. The molecule has 0 aliphatic heterocycles. The number of nitrogens with one attached hydrogen (secondary N) is 2. The van der Waals surface area contributed by atoms with Gasteiger partial charge in [-0.05, 0) is 12.1 Å². The van der Waals surface area contributed by atoms with Gasteiger partial charge in [0, 0.05) is 34.9 Å². The lowest BCUT2D eigenvalue weighted by molar-refractivity contribution is -0.122. The SMILES string of the molecule is O=C(Cn1cc(NCc2c(Cl)cccc2Cl)cn1)NCCO. The van der Waals surface area contributed by atoms with Crippen LogP contribution in [0, 0.1) is 0 Å². The molecule has 0 radical (unpaired) electrons. The lowest BCUT2D eigenvalue weighted by Crippen LogP contribution is -2.30. The lowest BCUT2D eigenvalue weighted by atomic mass is 10.2. The van der Waals surface area contributed by atoms with Crippen LogP contribution in [0.5, 0.6) is 0 Å². The Balaban J connectivity index is 1.91. The fraction of sp³-hybridized carbons (Fsp3) is 0.286. The van der Waals surface area contributed by atoms with Crippen molar-refractivity contribution >= 4 is 34.8 Å². The second-order valence-corrected chi connectivity index (χ2v) is 5.37. The number of amides is 1. The molecule has 0 saturated heterocycles. The summed E-state index contributed by atoms with van der Waals surface area (Å²) in [5.74, 6) is -0.210. The maximum Gasteiger partial charge on any atom is 0.241 e. The van der Waals surface area contributed by atoms with Gasteiger partial charge in [0.1, 0.15) is 6.54 Å². The number of rotatable bonds is 7. The first-order chi connectivity index (χ1) is 10.6. The third kappa shape index (κ3) is 4.62. The third-order valence-electron chi connectivity index (χ3n) is 2.90. The zero-order valence-electron chi connectivity index (χ0n) is 11.7. The molecule has 0 unspecified atom stereocenters. The first-order valence-electron chi connectivity index (χ1n) is 6.67. The molecule has 0 saturated carbocycles. The summed E-state index contributed by atoms with van der Waals surface area (Å²) >= 11 is 12.2. The summed E-state index contributed by atoms with van der Waals surface area (Å²) in [6.07, 6.45) is 3.33. The van der Waals surface area contributed by atoms with E-state index in [9.17, 15) is 4.79 Å². The first kappa shape index (κ1) is 16.6. The standard InChI is InChI=1S/C14H16Cl2N4O2/c15-12-2-1-3-13(16)11(12)7-18-10-6-19-20(8-10)9-14(22)17-4-5-21/h1-3,6,8,18,21H,4-5,7,9H2,(H,17,22). The van der Waals surface area contributed by atoms with Gasteiger partial charge < -0.3 is 15.7 Å². The molecule has 0 bridgehead atoms. The van der Waals surface area contributed by atoms with Crippen LogP contribution in [-0.4, -0.2) is 33.9 Å². The maximum absolute atomic E-state index is 11.5. The monoisotopic (exact) mass is 342 g/mol. The molecule has 1 aromatic heterocycles. The highest BCUT2D eigenvalue weighted by atomic mass is 35.5. The van der Waals surface area contributed by atoms with Gasteiger partial charge in [-0.1, -0.05) is 29.3 Å². The van der Waals surface area contributed by atoms with Crippen molar-refractivity contribution < 1.29 is 9.90 Å². The number of benzene rings is 1. The molecule has 6 nitrogen and oxygen atoms in total. The largest absolute Gasteiger partial charge is 0.395 e. The Morgan fingerprint density at radius 1 is 1.32 bits per heavy atom. The third-order valence-corrected chi connectivity index (χ3v) is 3.61. The van der Waals surface area contributed by atoms with Crippen molar-refractivity contribution in [2.45, 2.75) is 13.1 Å². The number of carbonyl (C=O) groups is 1. The molecule has 118 valence electrons. The van der Waals surface area contributed by atoms with Crippen molar-refractivity contribution in [1.29, 1.82) is 0 Å². The van der Waals surface area contributed by atoms with Crippen LogP contribution in [0.1, 0.15) is 5.56 Å². The fourth-order valence-corrected chi connectivity index (χ4v) is 2.36. The van der Waals surface area contributed by atoms with Crippen molar-refractivity contribution in [2.24, 2.45) is 0 Å². The number of hydrogen-bond acceptors (Lipinski definition) is 4. The number of halogens is 2. The zero-order chi connectivity index (χ0) is 15.9. The average Bonchev–Trinajstić information content (AvgIpc) is 2.92. The molecule has 0 aliphatic carbocycles. The number of anilines is 1. The van der Waals surface area contributed by atoms with Crippen molar-refractivity contribution in [2.75, 3.05) is 18.5 Å². The summed E-state index contributed by atoms with van der Waals surface area (Å²) in [6, 6.07) is 5.34. The van der Waals surface area contributed by atoms with Gasteiger partial charge in [0.25, 0.3) is 0 Å². The van der Waals surface area contributed by atoms with E-state index >= 15 is 0 Å². The van der Waals surface area contributed by atoms with Gasteiger partial charge in [-0.15, -0.1) is 0 Å². The fourth-order valence-electron chi connectivity index (χ4n) is 1.83. The second kappa shape index (κ2) is 8.03. The van der Waals surface area contributed by atoms with Crippen molar-refractivity contribution in [3.63, 3.8) is 0 Å².